The number of hydrogen-bond acceptors (Lipinski definition) is 5. The number of nitrogens with one attached hydrogen (secondary N) is 2. The molecule has 1 heterocycles. The van der Waals surface area contributed by atoms with Gasteiger partial charge in [0.25, 0.3) is 10.0 Å². The van der Waals surface area contributed by atoms with E-state index in [4.69, 9.17) is 4.42 Å². The molecule has 21 heavy (non-hydrogen) atoms. The van der Waals surface area contributed by atoms with Crippen LogP contribution in [0.1, 0.15) is 5.76 Å². The highest BCUT2D eigenvalue weighted by atomic mass is 32.2. The first-order valence-electron chi connectivity index (χ1n) is 6.46. The fourth-order valence-electron chi connectivity index (χ4n) is 1.78. The molecule has 0 aliphatic heterocycles. The minimum atomic E-state index is -3.53. The number of sulfonamides is 1. The van der Waals surface area contributed by atoms with Crippen LogP contribution in [0.15, 0.2) is 45.9 Å². The zero-order valence-corrected chi connectivity index (χ0v) is 13.1. The molecule has 0 radical (unpaired) electrons. The van der Waals surface area contributed by atoms with Crippen LogP contribution in [0.5, 0.6) is 0 Å². The Morgan fingerprint density at radius 2 is 1.95 bits per heavy atom. The van der Waals surface area contributed by atoms with E-state index in [0.29, 0.717) is 12.3 Å². The second kappa shape index (κ2) is 6.19. The van der Waals surface area contributed by atoms with Gasteiger partial charge in [-0.2, -0.15) is 0 Å². The van der Waals surface area contributed by atoms with Crippen molar-refractivity contribution in [3.8, 4) is 0 Å². The van der Waals surface area contributed by atoms with Gasteiger partial charge in [-0.05, 0) is 37.4 Å². The molecule has 1 aromatic carbocycles. The Morgan fingerprint density at radius 3 is 2.62 bits per heavy atom. The van der Waals surface area contributed by atoms with Gasteiger partial charge in [0.1, 0.15) is 5.76 Å². The second-order valence-corrected chi connectivity index (χ2v) is 6.54. The molecule has 0 fully saturated rings. The molecule has 2 rings (SSSR count). The molecule has 114 valence electrons. The molecule has 0 aliphatic rings. The molecule has 0 saturated heterocycles. The summed E-state index contributed by atoms with van der Waals surface area (Å²) >= 11 is 0. The van der Waals surface area contributed by atoms with Gasteiger partial charge in [-0.25, -0.2) is 13.1 Å². The summed E-state index contributed by atoms with van der Waals surface area (Å²) in [4.78, 5) is 2.01. The number of hydrogen-bond donors (Lipinski definition) is 2. The third kappa shape index (κ3) is 3.77. The van der Waals surface area contributed by atoms with Crippen LogP contribution in [0.2, 0.25) is 0 Å². The summed E-state index contributed by atoms with van der Waals surface area (Å²) in [6.07, 6.45) is 0. The fourth-order valence-corrected chi connectivity index (χ4v) is 2.45. The standard InChI is InChI=1S/C14H19N3O3S/c1-15-21(18,19)14-8-7-13(20-14)10-16-11-5-4-6-12(9-11)17(2)3/h4-9,15-16H,10H2,1-3H3. The predicted molar refractivity (Wildman–Crippen MR) is 83.0 cm³/mol. The van der Waals surface area contributed by atoms with E-state index in [1.807, 2.05) is 43.3 Å². The average molecular weight is 309 g/mol. The Morgan fingerprint density at radius 1 is 1.19 bits per heavy atom. The Hall–Kier alpha value is -1.99. The highest BCUT2D eigenvalue weighted by Crippen LogP contribution is 2.19. The van der Waals surface area contributed by atoms with E-state index in [-0.39, 0.29) is 5.09 Å². The monoisotopic (exact) mass is 309 g/mol. The largest absolute Gasteiger partial charge is 0.446 e. The topological polar surface area (TPSA) is 74.6 Å². The summed E-state index contributed by atoms with van der Waals surface area (Å²) in [6, 6.07) is 11.0. The number of anilines is 2. The summed E-state index contributed by atoms with van der Waals surface area (Å²) in [5.41, 5.74) is 2.02. The SMILES string of the molecule is CNS(=O)(=O)c1ccc(CNc2cccc(N(C)C)c2)o1. The number of furan rings is 1. The zero-order chi connectivity index (χ0) is 15.5. The van der Waals surface area contributed by atoms with E-state index < -0.39 is 10.0 Å². The molecule has 0 amide bonds. The van der Waals surface area contributed by atoms with E-state index in [1.165, 1.54) is 13.1 Å². The van der Waals surface area contributed by atoms with E-state index in [2.05, 4.69) is 10.0 Å². The lowest BCUT2D eigenvalue weighted by Gasteiger charge is -2.14. The molecule has 0 saturated carbocycles. The molecule has 1 aromatic heterocycles. The molecular formula is C14H19N3O3S. The van der Waals surface area contributed by atoms with Crippen LogP contribution in [0, 0.1) is 0 Å². The molecule has 6 nitrogen and oxygen atoms in total. The average Bonchev–Trinajstić information content (AvgIpc) is 2.95. The van der Waals surface area contributed by atoms with Crippen molar-refractivity contribution >= 4 is 21.4 Å². The second-order valence-electron chi connectivity index (χ2n) is 4.73. The number of benzene rings is 1. The summed E-state index contributed by atoms with van der Waals surface area (Å²) < 4.78 is 30.7. The van der Waals surface area contributed by atoms with Crippen molar-refractivity contribution in [1.29, 1.82) is 0 Å². The maximum Gasteiger partial charge on any atom is 0.273 e. The first-order chi connectivity index (χ1) is 9.92. The smallest absolute Gasteiger partial charge is 0.273 e. The molecule has 2 aromatic rings. The van der Waals surface area contributed by atoms with Crippen LogP contribution in [0.4, 0.5) is 11.4 Å². The van der Waals surface area contributed by atoms with Crippen LogP contribution in [0.25, 0.3) is 0 Å². The van der Waals surface area contributed by atoms with E-state index >= 15 is 0 Å². The molecular weight excluding hydrogens is 290 g/mol. The maximum absolute atomic E-state index is 11.6. The first-order valence-corrected chi connectivity index (χ1v) is 7.94. The lowest BCUT2D eigenvalue weighted by molar-refractivity contribution is 0.417. The Labute approximate surface area is 124 Å². The van der Waals surface area contributed by atoms with Gasteiger partial charge in [0.05, 0.1) is 6.54 Å². The predicted octanol–water partition coefficient (Wildman–Crippen LogP) is 1.87. The van der Waals surface area contributed by atoms with Gasteiger partial charge in [-0.3, -0.25) is 0 Å². The summed E-state index contributed by atoms with van der Waals surface area (Å²) in [5.74, 6) is 0.555. The molecule has 0 unspecified atom stereocenters. The minimum Gasteiger partial charge on any atom is -0.446 e. The van der Waals surface area contributed by atoms with Gasteiger partial charge < -0.3 is 14.6 Å². The highest BCUT2D eigenvalue weighted by molar-refractivity contribution is 7.89. The van der Waals surface area contributed by atoms with E-state index in [1.54, 1.807) is 6.07 Å². The van der Waals surface area contributed by atoms with Gasteiger partial charge >= 0.3 is 0 Å². The first kappa shape index (κ1) is 15.4. The van der Waals surface area contributed by atoms with E-state index in [9.17, 15) is 8.42 Å². The Balaban J connectivity index is 2.05. The lowest BCUT2D eigenvalue weighted by atomic mass is 10.2. The molecule has 0 bridgehead atoms. The molecule has 7 heteroatoms. The van der Waals surface area contributed by atoms with Gasteiger partial charge in [-0.15, -0.1) is 0 Å². The molecule has 0 spiro atoms. The summed E-state index contributed by atoms with van der Waals surface area (Å²) in [7, 11) is 1.77. The highest BCUT2D eigenvalue weighted by Gasteiger charge is 2.16. The van der Waals surface area contributed by atoms with Crippen molar-refractivity contribution in [2.45, 2.75) is 11.6 Å². The van der Waals surface area contributed by atoms with Gasteiger partial charge in [0, 0.05) is 25.5 Å². The zero-order valence-electron chi connectivity index (χ0n) is 12.3. The third-order valence-electron chi connectivity index (χ3n) is 3.00. The van der Waals surface area contributed by atoms with Crippen LogP contribution in [-0.2, 0) is 16.6 Å². The van der Waals surface area contributed by atoms with Gasteiger partial charge in [0.2, 0.25) is 5.09 Å². The molecule has 0 atom stereocenters. The van der Waals surface area contributed by atoms with Crippen LogP contribution < -0.4 is 14.9 Å². The fraction of sp³-hybridized carbons (Fsp3) is 0.286. The maximum atomic E-state index is 11.6. The summed E-state index contributed by atoms with van der Waals surface area (Å²) in [5, 5.41) is 3.12. The normalized spacial score (nSPS) is 11.4. The molecule has 2 N–H and O–H groups in total. The molecule has 0 aliphatic carbocycles. The van der Waals surface area contributed by atoms with Crippen LogP contribution in [0.3, 0.4) is 0 Å². The lowest BCUT2D eigenvalue weighted by Crippen LogP contribution is -2.17. The Kier molecular flexibility index (Phi) is 4.54. The van der Waals surface area contributed by atoms with Crippen LogP contribution in [-0.4, -0.2) is 29.6 Å². The summed E-state index contributed by atoms with van der Waals surface area (Å²) in [6.45, 7) is 0.413. The van der Waals surface area contributed by atoms with Crippen molar-refractivity contribution in [2.75, 3.05) is 31.4 Å². The van der Waals surface area contributed by atoms with Crippen molar-refractivity contribution < 1.29 is 12.8 Å². The number of nitrogens with zero attached hydrogens (tertiary/aromatic N) is 1. The van der Waals surface area contributed by atoms with Gasteiger partial charge in [0.15, 0.2) is 0 Å². The number of rotatable bonds is 6. The van der Waals surface area contributed by atoms with Crippen molar-refractivity contribution in [3.05, 3.63) is 42.2 Å². The van der Waals surface area contributed by atoms with Crippen molar-refractivity contribution in [3.63, 3.8) is 0 Å². The van der Waals surface area contributed by atoms with Gasteiger partial charge in [-0.1, -0.05) is 6.07 Å². The van der Waals surface area contributed by atoms with Crippen LogP contribution >= 0.6 is 0 Å². The minimum absolute atomic E-state index is 0.0798. The third-order valence-corrected chi connectivity index (χ3v) is 4.29. The quantitative estimate of drug-likeness (QED) is 0.852. The van der Waals surface area contributed by atoms with Crippen molar-refractivity contribution in [1.82, 2.24) is 4.72 Å². The van der Waals surface area contributed by atoms with Crippen molar-refractivity contribution in [2.24, 2.45) is 0 Å². The van der Waals surface area contributed by atoms with E-state index in [0.717, 1.165) is 11.4 Å². The Bertz CT molecular complexity index is 708.